The molecule has 6 heteroatoms. The summed E-state index contributed by atoms with van der Waals surface area (Å²) < 4.78 is 16.6. The van der Waals surface area contributed by atoms with Gasteiger partial charge in [0.1, 0.15) is 5.75 Å². The molecule has 5 nitrogen and oxygen atoms in total. The third-order valence-electron chi connectivity index (χ3n) is 3.56. The Hall–Kier alpha value is -2.37. The Balaban J connectivity index is 1.87. The van der Waals surface area contributed by atoms with Gasteiger partial charge in [0.05, 0.1) is 11.1 Å². The fourth-order valence-corrected chi connectivity index (χ4v) is 2.68. The molecule has 0 aliphatic rings. The van der Waals surface area contributed by atoms with Gasteiger partial charge in [-0.05, 0) is 37.6 Å². The van der Waals surface area contributed by atoms with Crippen LogP contribution in [0.2, 0.25) is 5.02 Å². The van der Waals surface area contributed by atoms with E-state index < -0.39 is 6.10 Å². The van der Waals surface area contributed by atoms with Crippen LogP contribution in [0, 0.1) is 0 Å². The molecular weight excluding hydrogens is 340 g/mol. The first-order valence-corrected chi connectivity index (χ1v) is 8.34. The van der Waals surface area contributed by atoms with Gasteiger partial charge in [-0.25, -0.2) is 0 Å². The molecule has 3 aromatic rings. The minimum atomic E-state index is -0.415. The van der Waals surface area contributed by atoms with Crippen LogP contribution in [0.1, 0.15) is 31.4 Å². The summed E-state index contributed by atoms with van der Waals surface area (Å²) in [7, 11) is 1.61. The van der Waals surface area contributed by atoms with Crippen LogP contribution in [0.25, 0.3) is 11.4 Å². The second kappa shape index (κ2) is 7.68. The van der Waals surface area contributed by atoms with E-state index in [1.807, 2.05) is 50.2 Å². The quantitative estimate of drug-likeness (QED) is 0.626. The minimum Gasteiger partial charge on any atom is -0.489 e. The lowest BCUT2D eigenvalue weighted by atomic mass is 10.1. The van der Waals surface area contributed by atoms with E-state index >= 15 is 0 Å². The summed E-state index contributed by atoms with van der Waals surface area (Å²) in [4.78, 5) is 4.46. The van der Waals surface area contributed by atoms with Crippen LogP contribution in [0.3, 0.4) is 0 Å². The molecule has 130 valence electrons. The van der Waals surface area contributed by atoms with Gasteiger partial charge in [0.2, 0.25) is 5.82 Å². The molecule has 1 heterocycles. The molecule has 25 heavy (non-hydrogen) atoms. The number of rotatable bonds is 6. The number of nitrogens with zero attached hydrogens (tertiary/aromatic N) is 2. The average molecular weight is 359 g/mol. The summed E-state index contributed by atoms with van der Waals surface area (Å²) in [6.07, 6.45) is -0.366. The van der Waals surface area contributed by atoms with Crippen molar-refractivity contribution in [2.45, 2.75) is 26.1 Å². The number of benzene rings is 2. The third-order valence-corrected chi connectivity index (χ3v) is 3.85. The molecule has 0 saturated heterocycles. The number of methoxy groups -OCH3 is 1. The van der Waals surface area contributed by atoms with Gasteiger partial charge < -0.3 is 14.0 Å². The maximum Gasteiger partial charge on any atom is 0.260 e. The van der Waals surface area contributed by atoms with Crippen molar-refractivity contribution in [1.29, 1.82) is 0 Å². The first-order chi connectivity index (χ1) is 12.1. The molecule has 0 bridgehead atoms. The zero-order chi connectivity index (χ0) is 17.8. The normalized spacial score (nSPS) is 12.4. The highest BCUT2D eigenvalue weighted by Crippen LogP contribution is 2.31. The smallest absolute Gasteiger partial charge is 0.260 e. The van der Waals surface area contributed by atoms with E-state index in [1.165, 1.54) is 0 Å². The number of halogens is 1. The van der Waals surface area contributed by atoms with Gasteiger partial charge in [0.25, 0.3) is 5.89 Å². The molecule has 0 radical (unpaired) electrons. The van der Waals surface area contributed by atoms with E-state index in [9.17, 15) is 0 Å². The molecule has 0 unspecified atom stereocenters. The largest absolute Gasteiger partial charge is 0.489 e. The van der Waals surface area contributed by atoms with Crippen LogP contribution in [0.5, 0.6) is 5.75 Å². The lowest BCUT2D eigenvalue weighted by molar-refractivity contribution is 0.105. The minimum absolute atomic E-state index is 0.0495. The Labute approximate surface area is 151 Å². The van der Waals surface area contributed by atoms with Gasteiger partial charge in [-0.15, -0.1) is 0 Å². The zero-order valence-corrected chi connectivity index (χ0v) is 15.0. The molecule has 0 saturated carbocycles. The molecule has 3 rings (SSSR count). The average Bonchev–Trinajstić information content (AvgIpc) is 3.08. The highest BCUT2D eigenvalue weighted by atomic mass is 35.5. The van der Waals surface area contributed by atoms with Crippen LogP contribution >= 0.6 is 11.6 Å². The Morgan fingerprint density at radius 3 is 2.48 bits per heavy atom. The predicted octanol–water partition coefficient (Wildman–Crippen LogP) is 4.91. The Bertz CT molecular complexity index is 834. The zero-order valence-electron chi connectivity index (χ0n) is 14.3. The molecule has 0 fully saturated rings. The van der Waals surface area contributed by atoms with E-state index in [2.05, 4.69) is 10.1 Å². The second-order valence-electron chi connectivity index (χ2n) is 5.79. The van der Waals surface area contributed by atoms with Crippen LogP contribution in [0.4, 0.5) is 0 Å². The van der Waals surface area contributed by atoms with Gasteiger partial charge in [-0.1, -0.05) is 47.1 Å². The van der Waals surface area contributed by atoms with Crippen molar-refractivity contribution in [2.75, 3.05) is 7.11 Å². The molecule has 0 amide bonds. The Kier molecular flexibility index (Phi) is 5.36. The second-order valence-corrected chi connectivity index (χ2v) is 6.20. The fraction of sp³-hybridized carbons (Fsp3) is 0.263. The molecule has 0 N–H and O–H groups in total. The van der Waals surface area contributed by atoms with Crippen LogP contribution in [-0.4, -0.2) is 23.4 Å². The highest BCUT2D eigenvalue weighted by molar-refractivity contribution is 6.32. The molecule has 0 aliphatic heterocycles. The standard InChI is InChI=1S/C19H19ClN2O3/c1-12(2)24-16-10-9-14(11-15(16)20)18-21-19(25-22-18)17(23-3)13-7-5-4-6-8-13/h4-12,17H,1-3H3/t17-/m0/s1. The Morgan fingerprint density at radius 1 is 1.08 bits per heavy atom. The number of hydrogen-bond donors (Lipinski definition) is 0. The summed E-state index contributed by atoms with van der Waals surface area (Å²) >= 11 is 6.28. The molecule has 0 aliphatic carbocycles. The van der Waals surface area contributed by atoms with Gasteiger partial charge in [0, 0.05) is 12.7 Å². The van der Waals surface area contributed by atoms with Gasteiger partial charge in [-0.3, -0.25) is 0 Å². The summed E-state index contributed by atoms with van der Waals surface area (Å²) in [5.74, 6) is 1.47. The predicted molar refractivity (Wildman–Crippen MR) is 95.8 cm³/mol. The summed E-state index contributed by atoms with van der Waals surface area (Å²) in [5.41, 5.74) is 1.69. The van der Waals surface area contributed by atoms with E-state index in [0.29, 0.717) is 22.5 Å². The number of aromatic nitrogens is 2. The van der Waals surface area contributed by atoms with Gasteiger partial charge >= 0.3 is 0 Å². The summed E-state index contributed by atoms with van der Waals surface area (Å²) in [6.45, 7) is 3.90. The highest BCUT2D eigenvalue weighted by Gasteiger charge is 2.21. The van der Waals surface area contributed by atoms with Crippen molar-refractivity contribution >= 4 is 11.6 Å². The van der Waals surface area contributed by atoms with Gasteiger partial charge in [-0.2, -0.15) is 4.98 Å². The topological polar surface area (TPSA) is 57.4 Å². The molecule has 0 spiro atoms. The van der Waals surface area contributed by atoms with Crippen molar-refractivity contribution in [3.8, 4) is 17.1 Å². The van der Waals surface area contributed by atoms with E-state index in [0.717, 1.165) is 11.1 Å². The van der Waals surface area contributed by atoms with E-state index in [4.69, 9.17) is 25.6 Å². The fourth-order valence-electron chi connectivity index (χ4n) is 2.46. The van der Waals surface area contributed by atoms with Crippen LogP contribution in [-0.2, 0) is 4.74 Å². The summed E-state index contributed by atoms with van der Waals surface area (Å²) in [6, 6.07) is 15.1. The van der Waals surface area contributed by atoms with Crippen molar-refractivity contribution < 1.29 is 14.0 Å². The van der Waals surface area contributed by atoms with Crippen molar-refractivity contribution in [3.05, 3.63) is 65.0 Å². The molecule has 2 aromatic carbocycles. The van der Waals surface area contributed by atoms with Crippen molar-refractivity contribution in [1.82, 2.24) is 10.1 Å². The molecule has 1 aromatic heterocycles. The number of ether oxygens (including phenoxy) is 2. The molecule has 1 atom stereocenters. The Morgan fingerprint density at radius 2 is 1.84 bits per heavy atom. The van der Waals surface area contributed by atoms with Gasteiger partial charge in [0.15, 0.2) is 6.10 Å². The molecular formula is C19H19ClN2O3. The monoisotopic (exact) mass is 358 g/mol. The number of hydrogen-bond acceptors (Lipinski definition) is 5. The van der Waals surface area contributed by atoms with Crippen LogP contribution in [0.15, 0.2) is 53.1 Å². The van der Waals surface area contributed by atoms with E-state index in [-0.39, 0.29) is 6.10 Å². The lowest BCUT2D eigenvalue weighted by Crippen LogP contribution is -2.05. The first kappa shape index (κ1) is 17.5. The maximum atomic E-state index is 6.28. The van der Waals surface area contributed by atoms with Crippen molar-refractivity contribution in [2.24, 2.45) is 0 Å². The SMILES string of the molecule is CO[C@@H](c1ccccc1)c1nc(-c2ccc(OC(C)C)c(Cl)c2)no1. The third kappa shape index (κ3) is 4.00. The first-order valence-electron chi connectivity index (χ1n) is 7.96. The maximum absolute atomic E-state index is 6.28. The lowest BCUT2D eigenvalue weighted by Gasteiger charge is -2.11. The van der Waals surface area contributed by atoms with Crippen molar-refractivity contribution in [3.63, 3.8) is 0 Å². The van der Waals surface area contributed by atoms with Crippen LogP contribution < -0.4 is 4.74 Å². The summed E-state index contributed by atoms with van der Waals surface area (Å²) in [5, 5.41) is 4.55. The van der Waals surface area contributed by atoms with E-state index in [1.54, 1.807) is 19.2 Å².